The number of para-hydroxylation sites is 1. The molecule has 0 aliphatic carbocycles. The number of ether oxygens (including phenoxy) is 2. The van der Waals surface area contributed by atoms with Crippen LogP contribution in [0.1, 0.15) is 35.4 Å². The van der Waals surface area contributed by atoms with Crippen LogP contribution in [-0.4, -0.2) is 42.8 Å². The molecule has 1 fully saturated rings. The first-order valence-corrected chi connectivity index (χ1v) is 8.16. The van der Waals surface area contributed by atoms with E-state index in [1.54, 1.807) is 13.2 Å². The van der Waals surface area contributed by atoms with Gasteiger partial charge in [-0.3, -0.25) is 9.59 Å². The molecule has 1 aromatic carbocycles. The first-order valence-electron chi connectivity index (χ1n) is 8.16. The fourth-order valence-electron chi connectivity index (χ4n) is 3.27. The van der Waals surface area contributed by atoms with E-state index in [0.717, 1.165) is 5.39 Å². The van der Waals surface area contributed by atoms with Gasteiger partial charge in [0.25, 0.3) is 5.91 Å². The molecule has 2 heterocycles. The van der Waals surface area contributed by atoms with Gasteiger partial charge in [0.15, 0.2) is 5.76 Å². The van der Waals surface area contributed by atoms with Gasteiger partial charge in [0, 0.05) is 31.3 Å². The van der Waals surface area contributed by atoms with E-state index in [0.29, 0.717) is 37.2 Å². The van der Waals surface area contributed by atoms with E-state index in [9.17, 15) is 14.7 Å². The average molecular weight is 347 g/mol. The number of carboxylic acids is 1. The summed E-state index contributed by atoms with van der Waals surface area (Å²) in [5.74, 6) is -1.21. The third kappa shape index (κ3) is 3.67. The maximum absolute atomic E-state index is 12.9. The number of carboxylic acid groups (broad SMARTS) is 1. The SMILES string of the molecule is COCc1c(C(=O)NC2(CC(=O)O)CCOCC2)oc2ccccc12. The molecule has 7 nitrogen and oxygen atoms in total. The van der Waals surface area contributed by atoms with Crippen LogP contribution in [0.5, 0.6) is 0 Å². The van der Waals surface area contributed by atoms with Gasteiger partial charge in [-0.15, -0.1) is 0 Å². The predicted molar refractivity (Wildman–Crippen MR) is 89.4 cm³/mol. The van der Waals surface area contributed by atoms with E-state index in [2.05, 4.69) is 5.32 Å². The van der Waals surface area contributed by atoms with Crippen LogP contribution in [0.3, 0.4) is 0 Å². The Balaban J connectivity index is 1.92. The van der Waals surface area contributed by atoms with Crippen molar-refractivity contribution in [2.75, 3.05) is 20.3 Å². The lowest BCUT2D eigenvalue weighted by Gasteiger charge is -2.36. The number of aliphatic carboxylic acids is 1. The van der Waals surface area contributed by atoms with Crippen molar-refractivity contribution in [3.05, 3.63) is 35.6 Å². The topological polar surface area (TPSA) is 98.0 Å². The molecule has 1 aliphatic rings. The second-order valence-corrected chi connectivity index (χ2v) is 6.26. The monoisotopic (exact) mass is 347 g/mol. The molecular formula is C18H21NO6. The van der Waals surface area contributed by atoms with Crippen LogP contribution in [0.4, 0.5) is 0 Å². The molecule has 0 radical (unpaired) electrons. The van der Waals surface area contributed by atoms with E-state index in [1.807, 2.05) is 18.2 Å². The van der Waals surface area contributed by atoms with Gasteiger partial charge in [-0.1, -0.05) is 18.2 Å². The van der Waals surface area contributed by atoms with Gasteiger partial charge >= 0.3 is 5.97 Å². The molecule has 0 unspecified atom stereocenters. The molecular weight excluding hydrogens is 326 g/mol. The second kappa shape index (κ2) is 7.25. The zero-order valence-corrected chi connectivity index (χ0v) is 14.0. The Morgan fingerprint density at radius 1 is 1.28 bits per heavy atom. The molecule has 3 rings (SSSR count). The maximum atomic E-state index is 12.9. The van der Waals surface area contributed by atoms with Crippen molar-refractivity contribution < 1.29 is 28.6 Å². The lowest BCUT2D eigenvalue weighted by Crippen LogP contribution is -2.53. The van der Waals surface area contributed by atoms with Gasteiger partial charge in [0.2, 0.25) is 0 Å². The highest BCUT2D eigenvalue weighted by Gasteiger charge is 2.38. The van der Waals surface area contributed by atoms with Gasteiger partial charge < -0.3 is 24.3 Å². The van der Waals surface area contributed by atoms with Crippen molar-refractivity contribution >= 4 is 22.8 Å². The number of benzene rings is 1. The first-order chi connectivity index (χ1) is 12.0. The molecule has 1 aromatic heterocycles. The standard InChI is InChI=1S/C18H21NO6/c1-23-11-13-12-4-2-3-5-14(12)25-16(13)17(22)19-18(10-15(20)21)6-8-24-9-7-18/h2-5H,6-11H2,1H3,(H,19,22)(H,20,21). The molecule has 2 N–H and O–H groups in total. The van der Waals surface area contributed by atoms with E-state index in [1.165, 1.54) is 0 Å². The molecule has 1 amide bonds. The van der Waals surface area contributed by atoms with Crippen molar-refractivity contribution in [3.8, 4) is 0 Å². The van der Waals surface area contributed by atoms with Crippen LogP contribution in [0.2, 0.25) is 0 Å². The van der Waals surface area contributed by atoms with Gasteiger partial charge in [-0.05, 0) is 18.9 Å². The lowest BCUT2D eigenvalue weighted by atomic mass is 9.86. The summed E-state index contributed by atoms with van der Waals surface area (Å²) in [6.07, 6.45) is 0.748. The molecule has 1 aliphatic heterocycles. The highest BCUT2D eigenvalue weighted by Crippen LogP contribution is 2.29. The summed E-state index contributed by atoms with van der Waals surface area (Å²) in [6, 6.07) is 7.34. The van der Waals surface area contributed by atoms with E-state index >= 15 is 0 Å². The molecule has 25 heavy (non-hydrogen) atoms. The fourth-order valence-corrected chi connectivity index (χ4v) is 3.27. The number of methoxy groups -OCH3 is 1. The van der Waals surface area contributed by atoms with Crippen LogP contribution in [0.15, 0.2) is 28.7 Å². The highest BCUT2D eigenvalue weighted by atomic mass is 16.5. The maximum Gasteiger partial charge on any atom is 0.305 e. The highest BCUT2D eigenvalue weighted by molar-refractivity contribution is 5.99. The van der Waals surface area contributed by atoms with E-state index in [-0.39, 0.29) is 18.8 Å². The zero-order valence-electron chi connectivity index (χ0n) is 14.0. The smallest absolute Gasteiger partial charge is 0.305 e. The summed E-state index contributed by atoms with van der Waals surface area (Å²) in [5.41, 5.74) is 0.428. The number of nitrogens with one attached hydrogen (secondary N) is 1. The lowest BCUT2D eigenvalue weighted by molar-refractivity contribution is -0.139. The summed E-state index contributed by atoms with van der Waals surface area (Å²) in [6.45, 7) is 1.06. The van der Waals surface area contributed by atoms with Crippen molar-refractivity contribution in [2.45, 2.75) is 31.4 Å². The summed E-state index contributed by atoms with van der Waals surface area (Å²) in [5, 5.41) is 12.9. The van der Waals surface area contributed by atoms with Gasteiger partial charge in [-0.2, -0.15) is 0 Å². The summed E-state index contributed by atoms with van der Waals surface area (Å²) in [7, 11) is 1.55. The number of furan rings is 1. The number of rotatable bonds is 6. The van der Waals surface area contributed by atoms with Crippen LogP contribution >= 0.6 is 0 Å². The summed E-state index contributed by atoms with van der Waals surface area (Å²) < 4.78 is 16.3. The predicted octanol–water partition coefficient (Wildman–Crippen LogP) is 2.33. The Morgan fingerprint density at radius 3 is 2.68 bits per heavy atom. The molecule has 0 spiro atoms. The molecule has 2 aromatic rings. The van der Waals surface area contributed by atoms with E-state index in [4.69, 9.17) is 13.9 Å². The number of fused-ring (bicyclic) bond motifs is 1. The molecule has 0 saturated carbocycles. The van der Waals surface area contributed by atoms with Crippen molar-refractivity contribution in [3.63, 3.8) is 0 Å². The van der Waals surface area contributed by atoms with Crippen molar-refractivity contribution in [2.24, 2.45) is 0 Å². The minimum Gasteiger partial charge on any atom is -0.481 e. The quantitative estimate of drug-likeness (QED) is 0.832. The largest absolute Gasteiger partial charge is 0.481 e. The van der Waals surface area contributed by atoms with Crippen LogP contribution in [0, 0.1) is 0 Å². The first kappa shape index (κ1) is 17.4. The van der Waals surface area contributed by atoms with Crippen LogP contribution in [-0.2, 0) is 20.9 Å². The van der Waals surface area contributed by atoms with Crippen LogP contribution < -0.4 is 5.32 Å². The molecule has 7 heteroatoms. The Bertz CT molecular complexity index is 775. The molecule has 0 atom stereocenters. The third-order valence-corrected chi connectivity index (χ3v) is 4.51. The average Bonchev–Trinajstić information content (AvgIpc) is 2.94. The van der Waals surface area contributed by atoms with Gasteiger partial charge in [-0.25, -0.2) is 0 Å². The van der Waals surface area contributed by atoms with Crippen LogP contribution in [0.25, 0.3) is 11.0 Å². The zero-order chi connectivity index (χ0) is 17.9. The van der Waals surface area contributed by atoms with Gasteiger partial charge in [0.1, 0.15) is 5.58 Å². The number of carbonyl (C=O) groups is 2. The van der Waals surface area contributed by atoms with Gasteiger partial charge in [0.05, 0.1) is 18.6 Å². The number of hydrogen-bond donors (Lipinski definition) is 2. The number of hydrogen-bond acceptors (Lipinski definition) is 5. The molecule has 0 bridgehead atoms. The van der Waals surface area contributed by atoms with E-state index < -0.39 is 17.4 Å². The molecule has 1 saturated heterocycles. The molecule has 134 valence electrons. The Morgan fingerprint density at radius 2 is 2.00 bits per heavy atom. The fraction of sp³-hybridized carbons (Fsp3) is 0.444. The minimum absolute atomic E-state index is 0.151. The third-order valence-electron chi connectivity index (χ3n) is 4.51. The van der Waals surface area contributed by atoms with Crippen molar-refractivity contribution in [1.82, 2.24) is 5.32 Å². The second-order valence-electron chi connectivity index (χ2n) is 6.26. The number of amides is 1. The summed E-state index contributed by atoms with van der Waals surface area (Å²) >= 11 is 0. The summed E-state index contributed by atoms with van der Waals surface area (Å²) in [4.78, 5) is 24.1. The Hall–Kier alpha value is -2.38. The normalized spacial score (nSPS) is 16.7. The minimum atomic E-state index is -0.955. The Labute approximate surface area is 144 Å². The number of carbonyl (C=O) groups excluding carboxylic acids is 1. The van der Waals surface area contributed by atoms with Crippen molar-refractivity contribution in [1.29, 1.82) is 0 Å². The Kier molecular flexibility index (Phi) is 5.06.